The largest absolute Gasteiger partial charge is 0.497 e. The van der Waals surface area contributed by atoms with E-state index in [0.717, 1.165) is 16.7 Å². The third-order valence-corrected chi connectivity index (χ3v) is 8.06. The molecule has 3 aromatic rings. The summed E-state index contributed by atoms with van der Waals surface area (Å²) in [7, 11) is -2.22. The fourth-order valence-corrected chi connectivity index (χ4v) is 5.85. The van der Waals surface area contributed by atoms with Crippen LogP contribution in [0, 0.1) is 12.8 Å². The Morgan fingerprint density at radius 2 is 1.64 bits per heavy atom. The zero-order valence-electron chi connectivity index (χ0n) is 18.8. The molecule has 1 amide bonds. The Hall–Kier alpha value is -3.16. The molecule has 0 aromatic heterocycles. The normalized spacial score (nSPS) is 18.7. The molecule has 2 unspecified atom stereocenters. The van der Waals surface area contributed by atoms with Crippen LogP contribution < -0.4 is 10.1 Å². The average molecular weight is 465 g/mol. The first kappa shape index (κ1) is 23.0. The lowest BCUT2D eigenvalue weighted by Gasteiger charge is -2.20. The number of benzene rings is 3. The number of carbonyl (C=O) groups is 1. The second-order valence-corrected chi connectivity index (χ2v) is 10.2. The maximum absolute atomic E-state index is 13.4. The molecule has 1 heterocycles. The van der Waals surface area contributed by atoms with E-state index in [1.165, 1.54) is 11.4 Å². The molecule has 1 aliphatic rings. The number of methoxy groups -OCH3 is 1. The molecule has 6 nitrogen and oxygen atoms in total. The Bertz CT molecular complexity index is 1210. The number of ether oxygens (including phenoxy) is 1. The summed E-state index contributed by atoms with van der Waals surface area (Å²) < 4.78 is 33.4. The molecular formula is C26H28N2O4S. The summed E-state index contributed by atoms with van der Waals surface area (Å²) in [6, 6.07) is 23.9. The Morgan fingerprint density at radius 3 is 2.30 bits per heavy atom. The highest BCUT2D eigenvalue weighted by atomic mass is 32.2. The van der Waals surface area contributed by atoms with Gasteiger partial charge < -0.3 is 10.1 Å². The molecule has 3 aromatic carbocycles. The summed E-state index contributed by atoms with van der Waals surface area (Å²) in [5.41, 5.74) is 3.05. The summed E-state index contributed by atoms with van der Waals surface area (Å²) in [6.45, 7) is 2.79. The lowest BCUT2D eigenvalue weighted by molar-refractivity contribution is -0.125. The minimum absolute atomic E-state index is 0.133. The quantitative estimate of drug-likeness (QED) is 0.578. The van der Waals surface area contributed by atoms with Crippen molar-refractivity contribution in [2.45, 2.75) is 24.3 Å². The van der Waals surface area contributed by atoms with Crippen LogP contribution in [0.1, 0.15) is 22.6 Å². The molecule has 4 rings (SSSR count). The summed E-state index contributed by atoms with van der Waals surface area (Å²) >= 11 is 0. The van der Waals surface area contributed by atoms with Gasteiger partial charge in [-0.3, -0.25) is 4.79 Å². The van der Waals surface area contributed by atoms with Crippen LogP contribution in [0.3, 0.4) is 0 Å². The number of amides is 1. The molecule has 0 bridgehead atoms. The van der Waals surface area contributed by atoms with Crippen molar-refractivity contribution in [3.05, 3.63) is 95.6 Å². The molecule has 1 N–H and O–H groups in total. The van der Waals surface area contributed by atoms with Crippen LogP contribution in [0.25, 0.3) is 0 Å². The topological polar surface area (TPSA) is 75.7 Å². The number of carbonyl (C=O) groups excluding carboxylic acids is 1. The van der Waals surface area contributed by atoms with Crippen LogP contribution in [0.5, 0.6) is 5.75 Å². The lowest BCUT2D eigenvalue weighted by Crippen LogP contribution is -2.35. The van der Waals surface area contributed by atoms with Crippen LogP contribution >= 0.6 is 0 Å². The van der Waals surface area contributed by atoms with Gasteiger partial charge in [-0.05, 0) is 47.9 Å². The number of sulfonamides is 1. The van der Waals surface area contributed by atoms with Crippen molar-refractivity contribution >= 4 is 15.9 Å². The van der Waals surface area contributed by atoms with E-state index in [1.807, 2.05) is 61.5 Å². The highest BCUT2D eigenvalue weighted by Gasteiger charge is 2.43. The van der Waals surface area contributed by atoms with E-state index in [9.17, 15) is 13.2 Å². The maximum Gasteiger partial charge on any atom is 0.243 e. The van der Waals surface area contributed by atoms with Crippen molar-refractivity contribution in [2.24, 2.45) is 5.92 Å². The predicted octanol–water partition coefficient (Wildman–Crippen LogP) is 3.72. The molecule has 7 heteroatoms. The van der Waals surface area contributed by atoms with Crippen molar-refractivity contribution in [1.29, 1.82) is 0 Å². The molecule has 1 aliphatic heterocycles. The minimum atomic E-state index is -3.75. The summed E-state index contributed by atoms with van der Waals surface area (Å²) in [4.78, 5) is 13.4. The highest BCUT2D eigenvalue weighted by molar-refractivity contribution is 7.89. The molecule has 0 saturated carbocycles. The lowest BCUT2D eigenvalue weighted by atomic mass is 9.86. The van der Waals surface area contributed by atoms with Gasteiger partial charge in [0, 0.05) is 25.6 Å². The molecule has 172 valence electrons. The first-order valence-electron chi connectivity index (χ1n) is 10.9. The van der Waals surface area contributed by atoms with Crippen LogP contribution in [0.15, 0.2) is 83.8 Å². The number of nitrogens with one attached hydrogen (secondary N) is 1. The van der Waals surface area contributed by atoms with Crippen molar-refractivity contribution in [3.8, 4) is 5.75 Å². The van der Waals surface area contributed by atoms with E-state index in [2.05, 4.69) is 5.32 Å². The molecule has 0 aliphatic carbocycles. The number of hydrogen-bond donors (Lipinski definition) is 1. The SMILES string of the molecule is COc1ccc(S(=O)(=O)N2CC(C(=O)NCc3ccccc3)C(c3ccccc3C)C2)cc1. The van der Waals surface area contributed by atoms with Crippen LogP contribution in [-0.2, 0) is 21.4 Å². The van der Waals surface area contributed by atoms with Gasteiger partial charge >= 0.3 is 0 Å². The number of hydrogen-bond acceptors (Lipinski definition) is 4. The van der Waals surface area contributed by atoms with Crippen LogP contribution in [0.2, 0.25) is 0 Å². The Labute approximate surface area is 195 Å². The smallest absolute Gasteiger partial charge is 0.243 e. The molecule has 1 fully saturated rings. The van der Waals surface area contributed by atoms with E-state index < -0.39 is 15.9 Å². The van der Waals surface area contributed by atoms with Gasteiger partial charge in [0.05, 0.1) is 17.9 Å². The van der Waals surface area contributed by atoms with E-state index in [-0.39, 0.29) is 29.8 Å². The van der Waals surface area contributed by atoms with Crippen molar-refractivity contribution in [3.63, 3.8) is 0 Å². The standard InChI is InChI=1S/C26H28N2O4S/c1-19-8-6-7-11-23(19)24-17-28(33(30,31)22-14-12-21(32-2)13-15-22)18-25(24)26(29)27-16-20-9-4-3-5-10-20/h3-15,24-25H,16-18H2,1-2H3,(H,27,29). The zero-order chi connectivity index (χ0) is 23.4. The Balaban J connectivity index is 1.60. The Kier molecular flexibility index (Phi) is 6.81. The van der Waals surface area contributed by atoms with Crippen molar-refractivity contribution < 1.29 is 17.9 Å². The third kappa shape index (κ3) is 4.94. The number of aryl methyl sites for hydroxylation is 1. The summed E-state index contributed by atoms with van der Waals surface area (Å²) in [6.07, 6.45) is 0. The maximum atomic E-state index is 13.4. The molecule has 0 spiro atoms. The van der Waals surface area contributed by atoms with E-state index in [4.69, 9.17) is 4.74 Å². The van der Waals surface area contributed by atoms with Gasteiger partial charge in [-0.25, -0.2) is 8.42 Å². The molecule has 2 atom stereocenters. The molecule has 0 radical (unpaired) electrons. The van der Waals surface area contributed by atoms with E-state index >= 15 is 0 Å². The second-order valence-electron chi connectivity index (χ2n) is 8.27. The van der Waals surface area contributed by atoms with Gasteiger partial charge in [0.25, 0.3) is 0 Å². The van der Waals surface area contributed by atoms with Gasteiger partial charge in [0.1, 0.15) is 5.75 Å². The summed E-state index contributed by atoms with van der Waals surface area (Å²) in [5, 5.41) is 3.01. The van der Waals surface area contributed by atoms with Gasteiger partial charge in [0.2, 0.25) is 15.9 Å². The van der Waals surface area contributed by atoms with Crippen molar-refractivity contribution in [1.82, 2.24) is 9.62 Å². The first-order chi connectivity index (χ1) is 15.9. The fraction of sp³-hybridized carbons (Fsp3) is 0.269. The molecular weight excluding hydrogens is 436 g/mol. The van der Waals surface area contributed by atoms with Crippen LogP contribution in [0.4, 0.5) is 0 Å². The number of nitrogens with zero attached hydrogens (tertiary/aromatic N) is 1. The van der Waals surface area contributed by atoms with Crippen molar-refractivity contribution in [2.75, 3.05) is 20.2 Å². The van der Waals surface area contributed by atoms with E-state index in [1.54, 1.807) is 24.3 Å². The first-order valence-corrected chi connectivity index (χ1v) is 12.4. The number of rotatable bonds is 7. The van der Waals surface area contributed by atoms with Gasteiger partial charge in [-0.15, -0.1) is 0 Å². The fourth-order valence-electron chi connectivity index (χ4n) is 4.36. The highest BCUT2D eigenvalue weighted by Crippen LogP contribution is 2.37. The molecule has 33 heavy (non-hydrogen) atoms. The third-order valence-electron chi connectivity index (χ3n) is 6.22. The van der Waals surface area contributed by atoms with Gasteiger partial charge in [-0.2, -0.15) is 4.31 Å². The second kappa shape index (κ2) is 9.77. The van der Waals surface area contributed by atoms with Crippen LogP contribution in [-0.4, -0.2) is 38.8 Å². The molecule has 1 saturated heterocycles. The predicted molar refractivity (Wildman–Crippen MR) is 127 cm³/mol. The van der Waals surface area contributed by atoms with Gasteiger partial charge in [0.15, 0.2) is 0 Å². The summed E-state index contributed by atoms with van der Waals surface area (Å²) in [5.74, 6) is -0.260. The minimum Gasteiger partial charge on any atom is -0.497 e. The monoisotopic (exact) mass is 464 g/mol. The van der Waals surface area contributed by atoms with Gasteiger partial charge in [-0.1, -0.05) is 54.6 Å². The Morgan fingerprint density at radius 1 is 0.970 bits per heavy atom. The van der Waals surface area contributed by atoms with E-state index in [0.29, 0.717) is 12.3 Å². The zero-order valence-corrected chi connectivity index (χ0v) is 19.6. The average Bonchev–Trinajstić information content (AvgIpc) is 3.30.